The highest BCUT2D eigenvalue weighted by Crippen LogP contribution is 2.32. The number of rotatable bonds is 7. The van der Waals surface area contributed by atoms with Crippen molar-refractivity contribution in [2.45, 2.75) is 47.0 Å². The van der Waals surface area contributed by atoms with E-state index >= 15 is 0 Å². The van der Waals surface area contributed by atoms with Crippen LogP contribution < -0.4 is 0 Å². The Bertz CT molecular complexity index is 1040. The maximum absolute atomic E-state index is 11.9. The highest BCUT2D eigenvalue weighted by Gasteiger charge is 2.18. The van der Waals surface area contributed by atoms with Crippen molar-refractivity contribution in [3.63, 3.8) is 0 Å². The zero-order valence-electron chi connectivity index (χ0n) is 16.8. The molecule has 0 aliphatic rings. The summed E-state index contributed by atoms with van der Waals surface area (Å²) in [4.78, 5) is 28.1. The third-order valence-electron chi connectivity index (χ3n) is 4.86. The van der Waals surface area contributed by atoms with Crippen LogP contribution in [-0.4, -0.2) is 33.0 Å². The lowest BCUT2D eigenvalue weighted by molar-refractivity contribution is -0.143. The molecule has 0 saturated heterocycles. The van der Waals surface area contributed by atoms with Crippen LogP contribution in [0.3, 0.4) is 0 Å². The highest BCUT2D eigenvalue weighted by atomic mass is 16.5. The second-order valence-electron chi connectivity index (χ2n) is 6.74. The van der Waals surface area contributed by atoms with Crippen molar-refractivity contribution < 1.29 is 14.3 Å². The lowest BCUT2D eigenvalue weighted by atomic mass is 9.95. The van der Waals surface area contributed by atoms with Gasteiger partial charge in [0.1, 0.15) is 0 Å². The number of Topliss-reactive ketones (excluding diaryl/α,β-unsaturated/α-hetero) is 1. The predicted octanol–water partition coefficient (Wildman–Crippen LogP) is 3.97. The van der Waals surface area contributed by atoms with Gasteiger partial charge in [0.15, 0.2) is 5.78 Å². The highest BCUT2D eigenvalue weighted by molar-refractivity contribution is 5.96. The van der Waals surface area contributed by atoms with Gasteiger partial charge in [0.05, 0.1) is 17.8 Å². The van der Waals surface area contributed by atoms with Crippen LogP contribution in [0.4, 0.5) is 0 Å². The number of aryl methyl sites for hydroxylation is 2. The summed E-state index contributed by atoms with van der Waals surface area (Å²) in [6.07, 6.45) is 4.98. The first-order valence-corrected chi connectivity index (χ1v) is 9.58. The Morgan fingerprint density at radius 3 is 2.64 bits per heavy atom. The zero-order valence-corrected chi connectivity index (χ0v) is 16.8. The monoisotopic (exact) mass is 379 g/mol. The van der Waals surface area contributed by atoms with Crippen molar-refractivity contribution in [3.8, 4) is 11.1 Å². The van der Waals surface area contributed by atoms with Crippen molar-refractivity contribution >= 4 is 17.3 Å². The normalized spacial score (nSPS) is 11.0. The smallest absolute Gasteiger partial charge is 0.306 e. The van der Waals surface area contributed by atoms with Gasteiger partial charge in [-0.05, 0) is 57.4 Å². The lowest BCUT2D eigenvalue weighted by Gasteiger charge is -2.16. The summed E-state index contributed by atoms with van der Waals surface area (Å²) in [5.41, 5.74) is 6.25. The predicted molar refractivity (Wildman–Crippen MR) is 107 cm³/mol. The van der Waals surface area contributed by atoms with E-state index < -0.39 is 0 Å². The molecule has 0 N–H and O–H groups in total. The molecule has 3 aromatic heterocycles. The topological polar surface area (TPSA) is 73.6 Å². The molecule has 0 aliphatic carbocycles. The Labute approximate surface area is 164 Å². The van der Waals surface area contributed by atoms with E-state index in [2.05, 4.69) is 18.0 Å². The van der Waals surface area contributed by atoms with Crippen LogP contribution in [0.1, 0.15) is 54.5 Å². The number of carbonyl (C=O) groups is 2. The van der Waals surface area contributed by atoms with Gasteiger partial charge in [-0.2, -0.15) is 5.10 Å². The van der Waals surface area contributed by atoms with Gasteiger partial charge >= 0.3 is 5.97 Å². The van der Waals surface area contributed by atoms with Crippen molar-refractivity contribution in [1.29, 1.82) is 0 Å². The summed E-state index contributed by atoms with van der Waals surface area (Å²) in [7, 11) is 0. The van der Waals surface area contributed by atoms with E-state index in [9.17, 15) is 9.59 Å². The minimum Gasteiger partial charge on any atom is -0.466 e. The fourth-order valence-electron chi connectivity index (χ4n) is 3.45. The van der Waals surface area contributed by atoms with Gasteiger partial charge in [-0.3, -0.25) is 14.6 Å². The maximum atomic E-state index is 11.9. The third-order valence-corrected chi connectivity index (χ3v) is 4.86. The largest absolute Gasteiger partial charge is 0.466 e. The van der Waals surface area contributed by atoms with E-state index in [0.29, 0.717) is 18.6 Å². The fraction of sp³-hybridized carbons (Fsp3) is 0.364. The van der Waals surface area contributed by atoms with Crippen LogP contribution in [-0.2, 0) is 22.4 Å². The van der Waals surface area contributed by atoms with E-state index in [4.69, 9.17) is 9.84 Å². The first-order valence-electron chi connectivity index (χ1n) is 9.58. The molecule has 0 fully saturated rings. The molecule has 28 heavy (non-hydrogen) atoms. The summed E-state index contributed by atoms with van der Waals surface area (Å²) >= 11 is 0. The fourth-order valence-corrected chi connectivity index (χ4v) is 3.45. The minimum atomic E-state index is -0.229. The molecule has 0 saturated carbocycles. The summed E-state index contributed by atoms with van der Waals surface area (Å²) in [5, 5.41) is 4.75. The second kappa shape index (κ2) is 8.33. The Morgan fingerprint density at radius 2 is 1.96 bits per heavy atom. The van der Waals surface area contributed by atoms with Gasteiger partial charge in [-0.1, -0.05) is 6.92 Å². The van der Waals surface area contributed by atoms with E-state index in [1.54, 1.807) is 19.3 Å². The molecule has 3 aromatic rings. The molecule has 0 atom stereocenters. The Hall–Kier alpha value is -3.02. The summed E-state index contributed by atoms with van der Waals surface area (Å²) in [6, 6.07) is 5.95. The molecule has 0 aromatic carbocycles. The number of carbonyl (C=O) groups excluding carboxylic acids is 2. The average molecular weight is 379 g/mol. The first kappa shape index (κ1) is 19.7. The molecule has 0 aliphatic heterocycles. The van der Waals surface area contributed by atoms with Gasteiger partial charge in [0.25, 0.3) is 0 Å². The standard InChI is InChI=1S/C22H25N3O3/c1-5-18-7-9-20-22(17-11-16(15(4)26)12-23-13-17)19(14(3)24-25(18)20)8-10-21(27)28-6-2/h7,9,11-13H,5-6,8,10H2,1-4H3. The van der Waals surface area contributed by atoms with E-state index in [0.717, 1.165) is 40.0 Å². The van der Waals surface area contributed by atoms with Crippen LogP contribution in [0.5, 0.6) is 0 Å². The van der Waals surface area contributed by atoms with E-state index in [1.165, 1.54) is 6.92 Å². The van der Waals surface area contributed by atoms with Crippen LogP contribution in [0.25, 0.3) is 16.6 Å². The Balaban J connectivity index is 2.20. The molecule has 0 spiro atoms. The van der Waals surface area contributed by atoms with Gasteiger partial charge in [0.2, 0.25) is 0 Å². The molecule has 0 radical (unpaired) electrons. The minimum absolute atomic E-state index is 0.0335. The Kier molecular flexibility index (Phi) is 5.87. The quantitative estimate of drug-likeness (QED) is 0.459. The number of esters is 1. The molecular formula is C22H25N3O3. The van der Waals surface area contributed by atoms with Crippen LogP contribution in [0.15, 0.2) is 30.6 Å². The number of ether oxygens (including phenoxy) is 1. The van der Waals surface area contributed by atoms with Gasteiger partial charge in [-0.15, -0.1) is 0 Å². The molecule has 3 heterocycles. The van der Waals surface area contributed by atoms with Crippen molar-refractivity contribution in [1.82, 2.24) is 14.6 Å². The molecule has 0 amide bonds. The number of hydrogen-bond donors (Lipinski definition) is 0. The number of aromatic nitrogens is 3. The van der Waals surface area contributed by atoms with E-state index in [-0.39, 0.29) is 18.2 Å². The van der Waals surface area contributed by atoms with Crippen molar-refractivity contribution in [2.75, 3.05) is 6.61 Å². The number of fused-ring (bicyclic) bond motifs is 1. The number of nitrogens with zero attached hydrogens (tertiary/aromatic N) is 3. The second-order valence-corrected chi connectivity index (χ2v) is 6.74. The van der Waals surface area contributed by atoms with Crippen LogP contribution in [0, 0.1) is 6.92 Å². The van der Waals surface area contributed by atoms with Gasteiger partial charge in [-0.25, -0.2) is 4.52 Å². The zero-order chi connectivity index (χ0) is 20.3. The van der Waals surface area contributed by atoms with Gasteiger partial charge < -0.3 is 4.74 Å². The maximum Gasteiger partial charge on any atom is 0.306 e. The molecule has 0 unspecified atom stereocenters. The van der Waals surface area contributed by atoms with Crippen molar-refractivity contribution in [2.24, 2.45) is 0 Å². The first-order chi connectivity index (χ1) is 13.5. The third kappa shape index (κ3) is 3.81. The number of pyridine rings is 1. The molecular weight excluding hydrogens is 354 g/mol. The number of hydrogen-bond acceptors (Lipinski definition) is 5. The van der Waals surface area contributed by atoms with Crippen molar-refractivity contribution in [3.05, 3.63) is 53.1 Å². The summed E-state index contributed by atoms with van der Waals surface area (Å²) < 4.78 is 7.03. The molecule has 6 heteroatoms. The summed E-state index contributed by atoms with van der Waals surface area (Å²) in [6.45, 7) is 7.73. The average Bonchev–Trinajstić information content (AvgIpc) is 3.08. The molecule has 0 bridgehead atoms. The summed E-state index contributed by atoms with van der Waals surface area (Å²) in [5.74, 6) is -0.262. The SMILES string of the molecule is CCOC(=O)CCc1c(C)nn2c(CC)ccc2c1-c1cncc(C(C)=O)c1. The Morgan fingerprint density at radius 1 is 1.18 bits per heavy atom. The molecule has 146 valence electrons. The molecule has 3 rings (SSSR count). The lowest BCUT2D eigenvalue weighted by Crippen LogP contribution is -2.10. The molecule has 6 nitrogen and oxygen atoms in total. The van der Waals surface area contributed by atoms with Crippen LogP contribution >= 0.6 is 0 Å². The van der Waals surface area contributed by atoms with Gasteiger partial charge in [0, 0.05) is 41.2 Å². The van der Waals surface area contributed by atoms with Crippen LogP contribution in [0.2, 0.25) is 0 Å². The number of ketones is 1. The van der Waals surface area contributed by atoms with E-state index in [1.807, 2.05) is 23.6 Å².